The van der Waals surface area contributed by atoms with Crippen molar-refractivity contribution in [1.82, 2.24) is 14.5 Å². The summed E-state index contributed by atoms with van der Waals surface area (Å²) in [7, 11) is 1.92. The zero-order valence-corrected chi connectivity index (χ0v) is 16.6. The Morgan fingerprint density at radius 3 is 2.72 bits per heavy atom. The van der Waals surface area contributed by atoms with Gasteiger partial charge in [-0.05, 0) is 24.1 Å². The van der Waals surface area contributed by atoms with Crippen molar-refractivity contribution in [2.75, 3.05) is 5.32 Å². The van der Waals surface area contributed by atoms with Crippen LogP contribution < -0.4 is 5.32 Å². The zero-order chi connectivity index (χ0) is 20.2. The molecule has 0 unspecified atom stereocenters. The van der Waals surface area contributed by atoms with Crippen LogP contribution in [0, 0.1) is 5.82 Å². The van der Waals surface area contributed by atoms with Gasteiger partial charge in [0, 0.05) is 31.4 Å². The Labute approximate surface area is 171 Å². The van der Waals surface area contributed by atoms with Crippen molar-refractivity contribution < 1.29 is 9.18 Å². The van der Waals surface area contributed by atoms with Crippen LogP contribution in [0.4, 0.5) is 9.52 Å². The number of hydrogen-bond acceptors (Lipinski definition) is 4. The molecule has 1 N–H and O–H groups in total. The lowest BCUT2D eigenvalue weighted by atomic mass is 10.1. The summed E-state index contributed by atoms with van der Waals surface area (Å²) in [6.07, 6.45) is 4.33. The largest absolute Gasteiger partial charge is 0.333 e. The Morgan fingerprint density at radius 1 is 1.17 bits per heavy atom. The Bertz CT molecular complexity index is 1140. The van der Waals surface area contributed by atoms with Crippen LogP contribution in [0.15, 0.2) is 67.0 Å². The first kappa shape index (κ1) is 19.0. The van der Waals surface area contributed by atoms with Crippen LogP contribution in [-0.4, -0.2) is 20.4 Å². The molecule has 29 heavy (non-hydrogen) atoms. The van der Waals surface area contributed by atoms with Crippen LogP contribution in [0.25, 0.3) is 22.0 Å². The molecule has 0 saturated carbocycles. The quantitative estimate of drug-likeness (QED) is 0.494. The molecule has 0 radical (unpaired) electrons. The number of hydrogen-bond donors (Lipinski definition) is 1. The first-order valence-electron chi connectivity index (χ1n) is 9.18. The van der Waals surface area contributed by atoms with Gasteiger partial charge in [0.15, 0.2) is 11.0 Å². The van der Waals surface area contributed by atoms with E-state index in [-0.39, 0.29) is 18.1 Å². The molecule has 2 heterocycles. The van der Waals surface area contributed by atoms with Gasteiger partial charge >= 0.3 is 0 Å². The van der Waals surface area contributed by atoms with E-state index in [1.165, 1.54) is 23.5 Å². The topological polar surface area (TPSA) is 59.8 Å². The van der Waals surface area contributed by atoms with Crippen LogP contribution in [-0.2, 0) is 18.3 Å². The molecule has 0 bridgehead atoms. The summed E-state index contributed by atoms with van der Waals surface area (Å²) in [6.45, 7) is 0. The van der Waals surface area contributed by atoms with Crippen LogP contribution in [0.2, 0.25) is 0 Å². The summed E-state index contributed by atoms with van der Waals surface area (Å²) < 4.78 is 15.2. The highest BCUT2D eigenvalue weighted by molar-refractivity contribution is 7.19. The minimum atomic E-state index is -0.296. The number of nitrogens with one attached hydrogen (secondary N) is 1. The molecule has 4 aromatic rings. The van der Waals surface area contributed by atoms with Crippen LogP contribution in [0.1, 0.15) is 12.0 Å². The van der Waals surface area contributed by atoms with E-state index in [1.54, 1.807) is 12.3 Å². The van der Waals surface area contributed by atoms with Gasteiger partial charge < -0.3 is 9.88 Å². The fraction of sp³-hybridized carbons (Fsp3) is 0.136. The first-order chi connectivity index (χ1) is 14.1. The van der Waals surface area contributed by atoms with Crippen molar-refractivity contribution in [3.05, 3.63) is 78.4 Å². The molecule has 4 rings (SSSR count). The summed E-state index contributed by atoms with van der Waals surface area (Å²) in [5.74, 6) is 0.339. The van der Waals surface area contributed by atoms with Crippen LogP contribution in [0.3, 0.4) is 0 Å². The third-order valence-corrected chi connectivity index (χ3v) is 5.44. The SMILES string of the molecule is Cn1ccnc1-c1sc(NC(=O)CCc2cccc(F)c2)nc1-c1ccccc1. The average Bonchev–Trinajstić information content (AvgIpc) is 3.33. The van der Waals surface area contributed by atoms with Crippen LogP contribution in [0.5, 0.6) is 0 Å². The Morgan fingerprint density at radius 2 is 2.00 bits per heavy atom. The van der Waals surface area contributed by atoms with Gasteiger partial charge in [0.2, 0.25) is 5.91 Å². The van der Waals surface area contributed by atoms with E-state index >= 15 is 0 Å². The highest BCUT2D eigenvalue weighted by Gasteiger charge is 2.19. The molecule has 0 aliphatic carbocycles. The number of imidazole rings is 1. The number of benzene rings is 2. The minimum absolute atomic E-state index is 0.158. The normalized spacial score (nSPS) is 10.8. The Balaban J connectivity index is 1.55. The van der Waals surface area contributed by atoms with Crippen molar-refractivity contribution in [2.24, 2.45) is 7.05 Å². The smallest absolute Gasteiger partial charge is 0.226 e. The molecule has 7 heteroatoms. The number of carbonyl (C=O) groups excluding carboxylic acids is 1. The third kappa shape index (κ3) is 4.41. The maximum atomic E-state index is 13.3. The summed E-state index contributed by atoms with van der Waals surface area (Å²) in [5, 5.41) is 3.40. The van der Waals surface area contributed by atoms with Crippen molar-refractivity contribution in [3.8, 4) is 22.0 Å². The van der Waals surface area contributed by atoms with Gasteiger partial charge in [-0.2, -0.15) is 0 Å². The lowest BCUT2D eigenvalue weighted by Gasteiger charge is -2.02. The molecular formula is C22H19FN4OS. The predicted molar refractivity (Wildman–Crippen MR) is 113 cm³/mol. The summed E-state index contributed by atoms with van der Waals surface area (Å²) in [6, 6.07) is 16.1. The maximum absolute atomic E-state index is 13.3. The summed E-state index contributed by atoms with van der Waals surface area (Å²) in [5.41, 5.74) is 2.53. The molecule has 0 atom stereocenters. The van der Waals surface area contributed by atoms with Crippen molar-refractivity contribution >= 4 is 22.4 Å². The van der Waals surface area contributed by atoms with Gasteiger partial charge in [-0.25, -0.2) is 14.4 Å². The molecule has 2 aromatic heterocycles. The first-order valence-corrected chi connectivity index (χ1v) is 10.00. The monoisotopic (exact) mass is 406 g/mol. The fourth-order valence-corrected chi connectivity index (χ4v) is 4.08. The molecule has 5 nitrogen and oxygen atoms in total. The number of nitrogens with zero attached hydrogens (tertiary/aromatic N) is 3. The lowest BCUT2D eigenvalue weighted by Crippen LogP contribution is -2.12. The lowest BCUT2D eigenvalue weighted by molar-refractivity contribution is -0.116. The summed E-state index contributed by atoms with van der Waals surface area (Å²) >= 11 is 1.39. The van der Waals surface area contributed by atoms with Gasteiger partial charge in [-0.3, -0.25) is 4.79 Å². The minimum Gasteiger partial charge on any atom is -0.333 e. The van der Waals surface area contributed by atoms with Gasteiger partial charge in [0.05, 0.1) is 10.6 Å². The third-order valence-electron chi connectivity index (χ3n) is 4.47. The fourth-order valence-electron chi connectivity index (χ4n) is 3.03. The van der Waals surface area contributed by atoms with E-state index in [4.69, 9.17) is 0 Å². The van der Waals surface area contributed by atoms with Crippen molar-refractivity contribution in [3.63, 3.8) is 0 Å². The van der Waals surface area contributed by atoms with E-state index < -0.39 is 0 Å². The van der Waals surface area contributed by atoms with Crippen molar-refractivity contribution in [1.29, 1.82) is 0 Å². The van der Waals surface area contributed by atoms with Gasteiger partial charge in [-0.15, -0.1) is 0 Å². The van der Waals surface area contributed by atoms with Gasteiger partial charge in [-0.1, -0.05) is 53.8 Å². The highest BCUT2D eigenvalue weighted by Crippen LogP contribution is 2.38. The van der Waals surface area contributed by atoms with E-state index in [9.17, 15) is 9.18 Å². The van der Waals surface area contributed by atoms with Crippen molar-refractivity contribution in [2.45, 2.75) is 12.8 Å². The van der Waals surface area contributed by atoms with Crippen LogP contribution >= 0.6 is 11.3 Å². The van der Waals surface area contributed by atoms with Gasteiger partial charge in [0.1, 0.15) is 5.82 Å². The van der Waals surface area contributed by atoms with E-state index in [0.29, 0.717) is 11.6 Å². The number of thiazole rings is 1. The Hall–Kier alpha value is -3.32. The number of carbonyl (C=O) groups is 1. The molecule has 0 aliphatic rings. The van der Waals surface area contributed by atoms with E-state index in [2.05, 4.69) is 15.3 Å². The zero-order valence-electron chi connectivity index (χ0n) is 15.8. The highest BCUT2D eigenvalue weighted by atomic mass is 32.1. The van der Waals surface area contributed by atoms with Gasteiger partial charge in [0.25, 0.3) is 0 Å². The van der Waals surface area contributed by atoms with E-state index in [0.717, 1.165) is 27.5 Å². The van der Waals surface area contributed by atoms with E-state index in [1.807, 2.05) is 54.2 Å². The molecule has 2 aromatic carbocycles. The molecule has 1 amide bonds. The number of aryl methyl sites for hydroxylation is 2. The second kappa shape index (κ2) is 8.36. The molecular weight excluding hydrogens is 387 g/mol. The number of amides is 1. The molecule has 0 saturated heterocycles. The number of aromatic nitrogens is 3. The molecule has 0 fully saturated rings. The predicted octanol–water partition coefficient (Wildman–Crippen LogP) is 4.92. The molecule has 0 spiro atoms. The average molecular weight is 406 g/mol. The number of halogens is 1. The second-order valence-corrected chi connectivity index (χ2v) is 7.60. The number of anilines is 1. The second-order valence-electron chi connectivity index (χ2n) is 6.60. The number of rotatable bonds is 6. The molecule has 146 valence electrons. The summed E-state index contributed by atoms with van der Waals surface area (Å²) in [4.78, 5) is 22.4. The Kier molecular flexibility index (Phi) is 5.48. The maximum Gasteiger partial charge on any atom is 0.226 e. The molecule has 0 aliphatic heterocycles. The standard InChI is InChI=1S/C22H19FN4OS/c1-27-13-12-24-21(27)20-19(16-7-3-2-4-8-16)26-22(29-20)25-18(28)11-10-15-6-5-9-17(23)14-15/h2-9,12-14H,10-11H2,1H3,(H,25,26,28).